The van der Waals surface area contributed by atoms with E-state index in [9.17, 15) is 14.7 Å². The van der Waals surface area contributed by atoms with Gasteiger partial charge < -0.3 is 14.9 Å². The number of hydrogen-bond donors (Lipinski definition) is 1. The lowest BCUT2D eigenvalue weighted by atomic mass is 10.0. The molecule has 1 aliphatic rings. The Balaban J connectivity index is 2.08. The summed E-state index contributed by atoms with van der Waals surface area (Å²) in [5.41, 5.74) is 1.03. The van der Waals surface area contributed by atoms with Crippen LogP contribution in [0.1, 0.15) is 46.9 Å². The summed E-state index contributed by atoms with van der Waals surface area (Å²) in [4.78, 5) is 28.0. The molecule has 0 aromatic heterocycles. The Hall–Kier alpha value is -1.88. The zero-order valence-electron chi connectivity index (χ0n) is 14.2. The number of rotatable bonds is 5. The van der Waals surface area contributed by atoms with Gasteiger partial charge in [-0.05, 0) is 38.0 Å². The second-order valence-corrected chi connectivity index (χ2v) is 6.34. The number of amides is 2. The molecule has 0 radical (unpaired) electrons. The van der Waals surface area contributed by atoms with Crippen molar-refractivity contribution in [2.24, 2.45) is 5.92 Å². The average molecular weight is 318 g/mol. The number of hydrogen-bond acceptors (Lipinski definition) is 3. The van der Waals surface area contributed by atoms with Gasteiger partial charge in [-0.15, -0.1) is 0 Å². The second kappa shape index (κ2) is 7.59. The van der Waals surface area contributed by atoms with E-state index < -0.39 is 0 Å². The van der Waals surface area contributed by atoms with Crippen LogP contribution in [0.25, 0.3) is 0 Å². The van der Waals surface area contributed by atoms with Crippen LogP contribution in [0.2, 0.25) is 0 Å². The Bertz CT molecular complexity index is 573. The van der Waals surface area contributed by atoms with E-state index >= 15 is 0 Å². The van der Waals surface area contributed by atoms with E-state index in [0.717, 1.165) is 19.3 Å². The zero-order chi connectivity index (χ0) is 17.0. The summed E-state index contributed by atoms with van der Waals surface area (Å²) in [5, 5.41) is 9.91. The first-order valence-corrected chi connectivity index (χ1v) is 8.23. The molecule has 1 N–H and O–H groups in total. The molecule has 23 heavy (non-hydrogen) atoms. The minimum Gasteiger partial charge on any atom is -0.393 e. The van der Waals surface area contributed by atoms with Crippen molar-refractivity contribution in [2.75, 3.05) is 27.2 Å². The Labute approximate surface area is 137 Å². The van der Waals surface area contributed by atoms with Crippen molar-refractivity contribution in [2.45, 2.75) is 32.3 Å². The van der Waals surface area contributed by atoms with E-state index in [4.69, 9.17) is 0 Å². The third kappa shape index (κ3) is 4.10. The smallest absolute Gasteiger partial charge is 0.253 e. The third-order valence-electron chi connectivity index (χ3n) is 4.65. The first kappa shape index (κ1) is 17.5. The Morgan fingerprint density at radius 1 is 1.13 bits per heavy atom. The molecule has 2 atom stereocenters. The van der Waals surface area contributed by atoms with Crippen LogP contribution in [0.15, 0.2) is 24.3 Å². The first-order chi connectivity index (χ1) is 10.9. The Kier molecular flexibility index (Phi) is 5.77. The third-order valence-corrected chi connectivity index (χ3v) is 4.65. The van der Waals surface area contributed by atoms with Gasteiger partial charge in [0.2, 0.25) is 0 Å². The molecule has 0 spiro atoms. The van der Waals surface area contributed by atoms with Gasteiger partial charge >= 0.3 is 0 Å². The van der Waals surface area contributed by atoms with Crippen LogP contribution in [-0.2, 0) is 0 Å². The monoisotopic (exact) mass is 318 g/mol. The Morgan fingerprint density at radius 3 is 2.26 bits per heavy atom. The Morgan fingerprint density at radius 2 is 1.74 bits per heavy atom. The molecule has 1 aromatic rings. The fourth-order valence-electron chi connectivity index (χ4n) is 3.03. The number of nitrogens with zero attached hydrogens (tertiary/aromatic N) is 2. The maximum atomic E-state index is 12.6. The fourth-order valence-corrected chi connectivity index (χ4v) is 3.03. The predicted octanol–water partition coefficient (Wildman–Crippen LogP) is 2.01. The summed E-state index contributed by atoms with van der Waals surface area (Å²) in [6, 6.07) is 6.85. The van der Waals surface area contributed by atoms with Crippen molar-refractivity contribution < 1.29 is 14.7 Å². The molecule has 1 saturated carbocycles. The number of aliphatic hydroxyl groups excluding tert-OH is 1. The van der Waals surface area contributed by atoms with Gasteiger partial charge in [0, 0.05) is 44.2 Å². The van der Waals surface area contributed by atoms with Crippen molar-refractivity contribution in [1.82, 2.24) is 9.80 Å². The second-order valence-electron chi connectivity index (χ2n) is 6.34. The molecule has 1 aliphatic carbocycles. The molecule has 1 fully saturated rings. The molecule has 0 aliphatic heterocycles. The van der Waals surface area contributed by atoms with Crippen LogP contribution in [0.3, 0.4) is 0 Å². The molecule has 0 bridgehead atoms. The normalized spacial score (nSPS) is 20.3. The van der Waals surface area contributed by atoms with Crippen LogP contribution in [0, 0.1) is 5.92 Å². The van der Waals surface area contributed by atoms with Crippen molar-refractivity contribution >= 4 is 11.8 Å². The SMILES string of the molecule is CCN(C)C(=O)c1cccc(C(=O)N(C)CC2CCCC2O)c1. The fraction of sp³-hybridized carbons (Fsp3) is 0.556. The molecular formula is C18H26N2O3. The highest BCUT2D eigenvalue weighted by molar-refractivity contribution is 5.99. The lowest BCUT2D eigenvalue weighted by Crippen LogP contribution is -2.34. The highest BCUT2D eigenvalue weighted by Crippen LogP contribution is 2.26. The summed E-state index contributed by atoms with van der Waals surface area (Å²) in [5.74, 6) is -0.0473. The molecule has 2 rings (SSSR count). The van der Waals surface area contributed by atoms with Crippen molar-refractivity contribution in [3.8, 4) is 0 Å². The number of carbonyl (C=O) groups is 2. The topological polar surface area (TPSA) is 60.9 Å². The predicted molar refractivity (Wildman–Crippen MR) is 89.4 cm³/mol. The van der Waals surface area contributed by atoms with E-state index in [1.54, 1.807) is 48.2 Å². The van der Waals surface area contributed by atoms with Gasteiger partial charge in [0.25, 0.3) is 11.8 Å². The summed E-state index contributed by atoms with van der Waals surface area (Å²) >= 11 is 0. The highest BCUT2D eigenvalue weighted by Gasteiger charge is 2.27. The van der Waals surface area contributed by atoms with Crippen LogP contribution in [0.5, 0.6) is 0 Å². The van der Waals surface area contributed by atoms with E-state index in [2.05, 4.69) is 0 Å². The van der Waals surface area contributed by atoms with Crippen LogP contribution in [0.4, 0.5) is 0 Å². The molecule has 1 aromatic carbocycles. The van der Waals surface area contributed by atoms with Gasteiger partial charge in [0.1, 0.15) is 0 Å². The quantitative estimate of drug-likeness (QED) is 0.903. The van der Waals surface area contributed by atoms with E-state index in [-0.39, 0.29) is 23.8 Å². The van der Waals surface area contributed by atoms with Gasteiger partial charge in [-0.1, -0.05) is 12.5 Å². The highest BCUT2D eigenvalue weighted by atomic mass is 16.3. The molecule has 0 saturated heterocycles. The molecular weight excluding hydrogens is 292 g/mol. The van der Waals surface area contributed by atoms with Crippen LogP contribution >= 0.6 is 0 Å². The maximum absolute atomic E-state index is 12.6. The summed E-state index contributed by atoms with van der Waals surface area (Å²) < 4.78 is 0. The van der Waals surface area contributed by atoms with Gasteiger partial charge in [-0.2, -0.15) is 0 Å². The van der Waals surface area contributed by atoms with E-state index in [1.807, 2.05) is 6.92 Å². The van der Waals surface area contributed by atoms with Crippen LogP contribution in [-0.4, -0.2) is 60.0 Å². The van der Waals surface area contributed by atoms with Crippen LogP contribution < -0.4 is 0 Å². The van der Waals surface area contributed by atoms with Crippen molar-refractivity contribution in [3.05, 3.63) is 35.4 Å². The number of carbonyl (C=O) groups excluding carboxylic acids is 2. The summed E-state index contributed by atoms with van der Waals surface area (Å²) in [7, 11) is 3.49. The molecule has 2 amide bonds. The maximum Gasteiger partial charge on any atom is 0.253 e. The number of aliphatic hydroxyl groups is 1. The molecule has 126 valence electrons. The molecule has 0 heterocycles. The average Bonchev–Trinajstić information content (AvgIpc) is 2.97. The lowest BCUT2D eigenvalue weighted by molar-refractivity contribution is 0.0693. The summed E-state index contributed by atoms with van der Waals surface area (Å²) in [6.07, 6.45) is 2.48. The van der Waals surface area contributed by atoms with Gasteiger partial charge in [-0.3, -0.25) is 9.59 Å². The minimum atomic E-state index is -0.309. The summed E-state index contributed by atoms with van der Waals surface area (Å²) in [6.45, 7) is 3.08. The number of benzene rings is 1. The van der Waals surface area contributed by atoms with Crippen molar-refractivity contribution in [1.29, 1.82) is 0 Å². The van der Waals surface area contributed by atoms with Gasteiger partial charge in [0.05, 0.1) is 6.10 Å². The zero-order valence-corrected chi connectivity index (χ0v) is 14.2. The van der Waals surface area contributed by atoms with Gasteiger partial charge in [-0.25, -0.2) is 0 Å². The molecule has 5 nitrogen and oxygen atoms in total. The van der Waals surface area contributed by atoms with Crippen molar-refractivity contribution in [3.63, 3.8) is 0 Å². The molecule has 5 heteroatoms. The van der Waals surface area contributed by atoms with E-state index in [1.165, 1.54) is 0 Å². The first-order valence-electron chi connectivity index (χ1n) is 8.23. The van der Waals surface area contributed by atoms with E-state index in [0.29, 0.717) is 24.2 Å². The minimum absolute atomic E-state index is 0.0870. The lowest BCUT2D eigenvalue weighted by Gasteiger charge is -2.23. The molecule has 2 unspecified atom stereocenters. The largest absolute Gasteiger partial charge is 0.393 e. The standard InChI is InChI=1S/C18H26N2O3/c1-4-19(2)17(22)13-7-5-8-14(11-13)18(23)20(3)12-15-9-6-10-16(15)21/h5,7-8,11,15-16,21H,4,6,9-10,12H2,1-3H3. The van der Waals surface area contributed by atoms with Gasteiger partial charge in [0.15, 0.2) is 0 Å².